The van der Waals surface area contributed by atoms with Gasteiger partial charge in [0.1, 0.15) is 11.6 Å². The van der Waals surface area contributed by atoms with Crippen molar-refractivity contribution in [3.05, 3.63) is 16.1 Å². The molecule has 1 aromatic rings. The molecule has 1 rings (SSSR count). The van der Waals surface area contributed by atoms with Crippen molar-refractivity contribution in [3.8, 4) is 0 Å². The summed E-state index contributed by atoms with van der Waals surface area (Å²) >= 11 is 11.7. The molecule has 0 amide bonds. The molecule has 0 aliphatic heterocycles. The summed E-state index contributed by atoms with van der Waals surface area (Å²) in [5.41, 5.74) is 4.88. The second kappa shape index (κ2) is 5.70. The summed E-state index contributed by atoms with van der Waals surface area (Å²) in [6, 6.07) is 1.48. The molecule has 0 fully saturated rings. The third kappa shape index (κ3) is 5.40. The van der Waals surface area contributed by atoms with Gasteiger partial charge in [-0.2, -0.15) is 0 Å². The minimum Gasteiger partial charge on any atom is -0.382 e. The predicted molar refractivity (Wildman–Crippen MR) is 79.2 cm³/mol. The first kappa shape index (κ1) is 16.3. The molecule has 19 heavy (non-hydrogen) atoms. The van der Waals surface area contributed by atoms with E-state index in [9.17, 15) is 8.42 Å². The summed E-state index contributed by atoms with van der Waals surface area (Å²) in [5.74, 6) is 0.509. The van der Waals surface area contributed by atoms with Crippen LogP contribution in [-0.4, -0.2) is 31.7 Å². The van der Waals surface area contributed by atoms with Crippen molar-refractivity contribution in [2.45, 2.75) is 19.4 Å². The number of pyridine rings is 1. The Morgan fingerprint density at radius 3 is 2.47 bits per heavy atom. The van der Waals surface area contributed by atoms with Crippen LogP contribution in [0.1, 0.15) is 13.8 Å². The van der Waals surface area contributed by atoms with E-state index in [-0.39, 0.29) is 17.4 Å². The van der Waals surface area contributed by atoms with Gasteiger partial charge in [-0.15, -0.1) is 0 Å². The summed E-state index contributed by atoms with van der Waals surface area (Å²) in [5, 5.41) is 3.52. The molecule has 0 bridgehead atoms. The van der Waals surface area contributed by atoms with Gasteiger partial charge in [0.15, 0.2) is 0 Å². The van der Waals surface area contributed by atoms with Gasteiger partial charge in [0.05, 0.1) is 16.3 Å². The van der Waals surface area contributed by atoms with Gasteiger partial charge in [0.25, 0.3) is 0 Å². The smallest absolute Gasteiger partial charge is 0.209 e. The van der Waals surface area contributed by atoms with Crippen molar-refractivity contribution in [2.75, 3.05) is 23.9 Å². The fourth-order valence-electron chi connectivity index (χ4n) is 1.45. The van der Waals surface area contributed by atoms with Crippen LogP contribution in [0.5, 0.6) is 0 Å². The number of aromatic nitrogens is 1. The molecule has 0 unspecified atom stereocenters. The van der Waals surface area contributed by atoms with E-state index in [0.717, 1.165) is 6.26 Å². The first-order chi connectivity index (χ1) is 8.50. The van der Waals surface area contributed by atoms with Crippen molar-refractivity contribution >= 4 is 44.9 Å². The molecule has 108 valence electrons. The summed E-state index contributed by atoms with van der Waals surface area (Å²) in [7, 11) is -3.30. The third-order valence-corrected chi connectivity index (χ3v) is 3.63. The van der Waals surface area contributed by atoms with Crippen LogP contribution in [0, 0.1) is 0 Å². The molecule has 0 aliphatic rings. The fraction of sp³-hybridized carbons (Fsp3) is 0.500. The lowest BCUT2D eigenvalue weighted by molar-refractivity contribution is 0.476. The molecule has 9 heteroatoms. The van der Waals surface area contributed by atoms with E-state index in [1.807, 2.05) is 0 Å². The third-order valence-electron chi connectivity index (χ3n) is 2.12. The largest absolute Gasteiger partial charge is 0.382 e. The maximum Gasteiger partial charge on any atom is 0.209 e. The zero-order valence-electron chi connectivity index (χ0n) is 10.8. The van der Waals surface area contributed by atoms with Crippen LogP contribution >= 0.6 is 23.2 Å². The summed E-state index contributed by atoms with van der Waals surface area (Å²) < 4.78 is 24.9. The van der Waals surface area contributed by atoms with Crippen LogP contribution in [-0.2, 0) is 10.0 Å². The highest BCUT2D eigenvalue weighted by Crippen LogP contribution is 2.27. The van der Waals surface area contributed by atoms with Gasteiger partial charge in [-0.05, 0) is 19.9 Å². The topological polar surface area (TPSA) is 97.1 Å². The van der Waals surface area contributed by atoms with Crippen molar-refractivity contribution in [1.82, 2.24) is 9.71 Å². The number of halogens is 2. The standard InChI is InChI=1S/C10H16Cl2N4O2S/c1-10(2,16-19(3,17)18)5-14-9-7(12)4-6(11)8(13)15-9/h4,16H,5H2,1-3H3,(H3,13,14,15). The van der Waals surface area contributed by atoms with Gasteiger partial charge in [-0.3, -0.25) is 0 Å². The lowest BCUT2D eigenvalue weighted by atomic mass is 10.1. The molecule has 0 aliphatic carbocycles. The molecule has 1 heterocycles. The molecular weight excluding hydrogens is 311 g/mol. The lowest BCUT2D eigenvalue weighted by Crippen LogP contribution is -2.47. The Labute approximate surface area is 122 Å². The Hall–Kier alpha value is -0.760. The average Bonchev–Trinajstić information content (AvgIpc) is 2.18. The van der Waals surface area contributed by atoms with E-state index in [0.29, 0.717) is 10.8 Å². The van der Waals surface area contributed by atoms with Crippen LogP contribution in [0.4, 0.5) is 11.6 Å². The van der Waals surface area contributed by atoms with Crippen LogP contribution in [0.2, 0.25) is 10.0 Å². The Bertz CT molecular complexity index is 575. The second-order valence-corrected chi connectivity index (χ2v) is 7.36. The van der Waals surface area contributed by atoms with Crippen LogP contribution in [0.15, 0.2) is 6.07 Å². The van der Waals surface area contributed by atoms with Crippen molar-refractivity contribution in [3.63, 3.8) is 0 Å². The van der Waals surface area contributed by atoms with E-state index in [4.69, 9.17) is 28.9 Å². The van der Waals surface area contributed by atoms with E-state index in [1.165, 1.54) is 6.07 Å². The van der Waals surface area contributed by atoms with E-state index >= 15 is 0 Å². The zero-order valence-corrected chi connectivity index (χ0v) is 13.1. The molecule has 0 spiro atoms. The van der Waals surface area contributed by atoms with Crippen molar-refractivity contribution < 1.29 is 8.42 Å². The highest BCUT2D eigenvalue weighted by molar-refractivity contribution is 7.88. The Kier molecular flexibility index (Phi) is 4.89. The molecule has 0 aromatic carbocycles. The number of hydrogen-bond acceptors (Lipinski definition) is 5. The van der Waals surface area contributed by atoms with Gasteiger partial charge >= 0.3 is 0 Å². The van der Waals surface area contributed by atoms with E-state index in [2.05, 4.69) is 15.0 Å². The predicted octanol–water partition coefficient (Wildman–Crippen LogP) is 1.71. The fourth-order valence-corrected chi connectivity index (χ4v) is 2.95. The first-order valence-corrected chi connectivity index (χ1v) is 7.99. The van der Waals surface area contributed by atoms with Crippen molar-refractivity contribution in [1.29, 1.82) is 0 Å². The number of rotatable bonds is 5. The molecule has 0 atom stereocenters. The highest BCUT2D eigenvalue weighted by atomic mass is 35.5. The van der Waals surface area contributed by atoms with Gasteiger partial charge in [0, 0.05) is 12.1 Å². The van der Waals surface area contributed by atoms with Crippen LogP contribution < -0.4 is 15.8 Å². The van der Waals surface area contributed by atoms with Gasteiger partial charge < -0.3 is 11.1 Å². The molecular formula is C10H16Cl2N4O2S. The quantitative estimate of drug-likeness (QED) is 0.765. The van der Waals surface area contributed by atoms with Crippen LogP contribution in [0.25, 0.3) is 0 Å². The highest BCUT2D eigenvalue weighted by Gasteiger charge is 2.22. The minimum atomic E-state index is -3.30. The molecule has 0 saturated carbocycles. The minimum absolute atomic E-state index is 0.155. The zero-order chi connectivity index (χ0) is 14.8. The first-order valence-electron chi connectivity index (χ1n) is 5.34. The van der Waals surface area contributed by atoms with Gasteiger partial charge in [0.2, 0.25) is 10.0 Å². The van der Waals surface area contributed by atoms with E-state index < -0.39 is 15.6 Å². The van der Waals surface area contributed by atoms with Crippen LogP contribution in [0.3, 0.4) is 0 Å². The number of anilines is 2. The van der Waals surface area contributed by atoms with Gasteiger partial charge in [-0.25, -0.2) is 18.1 Å². The lowest BCUT2D eigenvalue weighted by Gasteiger charge is -2.25. The van der Waals surface area contributed by atoms with Gasteiger partial charge in [-0.1, -0.05) is 23.2 Å². The number of sulfonamides is 1. The summed E-state index contributed by atoms with van der Waals surface area (Å²) in [6.45, 7) is 3.75. The summed E-state index contributed by atoms with van der Waals surface area (Å²) in [4.78, 5) is 4.00. The average molecular weight is 327 g/mol. The van der Waals surface area contributed by atoms with Crippen molar-refractivity contribution in [2.24, 2.45) is 0 Å². The second-order valence-electron chi connectivity index (χ2n) is 4.80. The SMILES string of the molecule is CC(C)(CNc1nc(N)c(Cl)cc1Cl)NS(C)(=O)=O. The normalized spacial score (nSPS) is 12.5. The monoisotopic (exact) mass is 326 g/mol. The Balaban J connectivity index is 2.79. The molecule has 4 N–H and O–H groups in total. The summed E-state index contributed by atoms with van der Waals surface area (Å²) in [6.07, 6.45) is 1.10. The number of nitrogens with two attached hydrogens (primary N) is 1. The number of hydrogen-bond donors (Lipinski definition) is 3. The Morgan fingerprint density at radius 1 is 1.37 bits per heavy atom. The maximum atomic E-state index is 11.2. The number of nitrogens with one attached hydrogen (secondary N) is 2. The molecule has 6 nitrogen and oxygen atoms in total. The molecule has 0 saturated heterocycles. The molecule has 0 radical (unpaired) electrons. The van der Waals surface area contributed by atoms with E-state index in [1.54, 1.807) is 13.8 Å². The number of nitrogen functional groups attached to an aromatic ring is 1. The Morgan fingerprint density at radius 2 is 1.95 bits per heavy atom. The number of nitrogens with zero attached hydrogens (tertiary/aromatic N) is 1. The molecule has 1 aromatic heterocycles. The maximum absolute atomic E-state index is 11.2.